The van der Waals surface area contributed by atoms with Crippen molar-refractivity contribution in [3.05, 3.63) is 71.9 Å². The van der Waals surface area contributed by atoms with Gasteiger partial charge in [0, 0.05) is 0 Å². The van der Waals surface area contributed by atoms with E-state index in [0.29, 0.717) is 5.82 Å². The Bertz CT molecular complexity index is 883. The Morgan fingerprint density at radius 2 is 1.92 bits per heavy atom. The Labute approximate surface area is 148 Å². The number of anilines is 1. The Morgan fingerprint density at radius 1 is 1.12 bits per heavy atom. The summed E-state index contributed by atoms with van der Waals surface area (Å²) < 4.78 is 4.62. The van der Waals surface area contributed by atoms with Gasteiger partial charge in [-0.3, -0.25) is 10.4 Å². The van der Waals surface area contributed by atoms with E-state index in [2.05, 4.69) is 35.5 Å². The van der Waals surface area contributed by atoms with Gasteiger partial charge >= 0.3 is 12.0 Å². The van der Waals surface area contributed by atoms with Gasteiger partial charge in [0.25, 0.3) is 0 Å². The van der Waals surface area contributed by atoms with Gasteiger partial charge in [-0.1, -0.05) is 36.4 Å². The summed E-state index contributed by atoms with van der Waals surface area (Å²) in [6.07, 6.45) is 1.37. The number of hydrogen-bond donors (Lipinski definition) is 3. The maximum absolute atomic E-state index is 12.4. The average Bonchev–Trinajstić information content (AvgIpc) is 3.21. The fourth-order valence-electron chi connectivity index (χ4n) is 2.32. The number of nitrogens with one attached hydrogen (secondary N) is 3. The predicted octanol–water partition coefficient (Wildman–Crippen LogP) is 1.90. The number of H-pyrrole nitrogens is 1. The highest BCUT2D eigenvalue weighted by Gasteiger charge is 2.20. The largest absolute Gasteiger partial charge is 0.464 e. The van der Waals surface area contributed by atoms with Gasteiger partial charge in [0.05, 0.1) is 7.11 Å². The number of methoxy groups -OCH3 is 1. The lowest BCUT2D eigenvalue weighted by molar-refractivity contribution is 0.0594. The number of rotatable bonds is 5. The lowest BCUT2D eigenvalue weighted by Gasteiger charge is -2.17. The highest BCUT2D eigenvalue weighted by molar-refractivity contribution is 5.91. The first-order chi connectivity index (χ1) is 12.7. The molecular weight excluding hydrogens is 336 g/mol. The van der Waals surface area contributed by atoms with Crippen molar-refractivity contribution in [3.8, 4) is 0 Å². The molecule has 0 aliphatic rings. The number of aromatic amines is 1. The zero-order chi connectivity index (χ0) is 18.4. The van der Waals surface area contributed by atoms with Crippen LogP contribution in [0.25, 0.3) is 0 Å². The normalized spacial score (nSPS) is 11.4. The van der Waals surface area contributed by atoms with Crippen LogP contribution in [-0.2, 0) is 4.74 Å². The van der Waals surface area contributed by atoms with E-state index in [1.165, 1.54) is 19.5 Å². The minimum Gasteiger partial charge on any atom is -0.464 e. The van der Waals surface area contributed by atoms with Crippen LogP contribution in [0.2, 0.25) is 0 Å². The number of urea groups is 1. The molecule has 0 saturated heterocycles. The summed E-state index contributed by atoms with van der Waals surface area (Å²) in [6, 6.07) is 13.0. The molecule has 0 bridgehead atoms. The predicted molar refractivity (Wildman–Crippen MR) is 92.4 cm³/mol. The molecule has 9 heteroatoms. The number of hydrogen-bond acceptors (Lipinski definition) is 6. The molecule has 0 spiro atoms. The van der Waals surface area contributed by atoms with Crippen LogP contribution in [0.15, 0.2) is 54.9 Å². The molecule has 2 heterocycles. The minimum atomic E-state index is -0.585. The van der Waals surface area contributed by atoms with Crippen molar-refractivity contribution in [1.29, 1.82) is 0 Å². The Kier molecular flexibility index (Phi) is 5.18. The number of nitrogens with zero attached hydrogens (tertiary/aromatic N) is 3. The van der Waals surface area contributed by atoms with Gasteiger partial charge in [0.2, 0.25) is 0 Å². The van der Waals surface area contributed by atoms with Crippen molar-refractivity contribution in [2.45, 2.75) is 6.04 Å². The molecule has 1 unspecified atom stereocenters. The van der Waals surface area contributed by atoms with Crippen molar-refractivity contribution < 1.29 is 14.3 Å². The van der Waals surface area contributed by atoms with Crippen LogP contribution in [0.5, 0.6) is 0 Å². The maximum atomic E-state index is 12.4. The van der Waals surface area contributed by atoms with E-state index in [1.807, 2.05) is 30.3 Å². The Morgan fingerprint density at radius 3 is 2.62 bits per heavy atom. The average molecular weight is 352 g/mol. The third-order valence-electron chi connectivity index (χ3n) is 3.50. The van der Waals surface area contributed by atoms with E-state index in [-0.39, 0.29) is 11.5 Å². The summed E-state index contributed by atoms with van der Waals surface area (Å²) >= 11 is 0. The van der Waals surface area contributed by atoms with Crippen molar-refractivity contribution in [3.63, 3.8) is 0 Å². The van der Waals surface area contributed by atoms with Crippen molar-refractivity contribution >= 4 is 17.8 Å². The van der Waals surface area contributed by atoms with Crippen molar-refractivity contribution in [2.75, 3.05) is 12.4 Å². The second-order valence-electron chi connectivity index (χ2n) is 5.21. The topological polar surface area (TPSA) is 122 Å². The molecule has 2 amide bonds. The number of aromatic nitrogens is 4. The molecular formula is C17H16N6O3. The van der Waals surface area contributed by atoms with E-state index >= 15 is 0 Å². The standard InChI is InChI=1S/C17H16N6O3/c1-26-16(24)12-8-5-9-13(20-12)21-17(25)22-14(15-18-10-19-23-15)11-6-3-2-4-7-11/h2-10,14H,1H3,(H,18,19,23)(H2,20,21,22,25). The monoisotopic (exact) mass is 352 g/mol. The second-order valence-corrected chi connectivity index (χ2v) is 5.21. The molecule has 1 atom stereocenters. The molecule has 0 aliphatic heterocycles. The number of ether oxygens (including phenoxy) is 1. The summed E-state index contributed by atoms with van der Waals surface area (Å²) in [5.74, 6) is 0.121. The fourth-order valence-corrected chi connectivity index (χ4v) is 2.32. The van der Waals surface area contributed by atoms with E-state index < -0.39 is 18.0 Å². The molecule has 0 saturated carbocycles. The van der Waals surface area contributed by atoms with Gasteiger partial charge in [-0.15, -0.1) is 0 Å². The Balaban J connectivity index is 1.76. The minimum absolute atomic E-state index is 0.0974. The third kappa shape index (κ3) is 4.01. The number of carbonyl (C=O) groups excluding carboxylic acids is 2. The fraction of sp³-hybridized carbons (Fsp3) is 0.118. The van der Waals surface area contributed by atoms with Crippen LogP contribution in [0, 0.1) is 0 Å². The van der Waals surface area contributed by atoms with Crippen LogP contribution in [-0.4, -0.2) is 39.3 Å². The van der Waals surface area contributed by atoms with E-state index in [1.54, 1.807) is 12.1 Å². The SMILES string of the molecule is COC(=O)c1cccc(NC(=O)NC(c2ccccc2)c2ncn[nH]2)n1. The van der Waals surface area contributed by atoms with Crippen LogP contribution in [0.1, 0.15) is 27.9 Å². The van der Waals surface area contributed by atoms with Crippen LogP contribution >= 0.6 is 0 Å². The molecule has 3 rings (SSSR count). The van der Waals surface area contributed by atoms with Crippen LogP contribution in [0.3, 0.4) is 0 Å². The maximum Gasteiger partial charge on any atom is 0.356 e. The summed E-state index contributed by atoms with van der Waals surface area (Å²) in [5.41, 5.74) is 0.927. The van der Waals surface area contributed by atoms with E-state index in [9.17, 15) is 9.59 Å². The molecule has 0 fully saturated rings. The summed E-state index contributed by atoms with van der Waals surface area (Å²) in [7, 11) is 1.26. The molecule has 1 aromatic carbocycles. The molecule has 26 heavy (non-hydrogen) atoms. The smallest absolute Gasteiger partial charge is 0.356 e. The lowest BCUT2D eigenvalue weighted by atomic mass is 10.1. The lowest BCUT2D eigenvalue weighted by Crippen LogP contribution is -2.34. The van der Waals surface area contributed by atoms with E-state index in [0.717, 1.165) is 5.56 Å². The third-order valence-corrected chi connectivity index (χ3v) is 3.50. The van der Waals surface area contributed by atoms with Gasteiger partial charge in [-0.2, -0.15) is 5.10 Å². The first kappa shape index (κ1) is 17.1. The number of esters is 1. The molecule has 0 radical (unpaired) electrons. The molecule has 3 aromatic rings. The van der Waals surface area contributed by atoms with Gasteiger partial charge in [-0.05, 0) is 17.7 Å². The second kappa shape index (κ2) is 7.88. The van der Waals surface area contributed by atoms with Crippen LogP contribution in [0.4, 0.5) is 10.6 Å². The van der Waals surface area contributed by atoms with Gasteiger partial charge < -0.3 is 10.1 Å². The zero-order valence-electron chi connectivity index (χ0n) is 13.8. The number of amides is 2. The summed E-state index contributed by atoms with van der Waals surface area (Å²) in [5, 5.41) is 12.0. The van der Waals surface area contributed by atoms with Crippen molar-refractivity contribution in [1.82, 2.24) is 25.5 Å². The van der Waals surface area contributed by atoms with Gasteiger partial charge in [0.1, 0.15) is 18.2 Å². The van der Waals surface area contributed by atoms with Crippen LogP contribution < -0.4 is 10.6 Å². The molecule has 9 nitrogen and oxygen atoms in total. The number of carbonyl (C=O) groups is 2. The summed E-state index contributed by atoms with van der Waals surface area (Å²) in [4.78, 5) is 32.1. The Hall–Kier alpha value is -3.75. The number of pyridine rings is 1. The molecule has 0 aliphatic carbocycles. The van der Waals surface area contributed by atoms with Crippen molar-refractivity contribution in [2.24, 2.45) is 0 Å². The molecule has 132 valence electrons. The number of benzene rings is 1. The highest BCUT2D eigenvalue weighted by atomic mass is 16.5. The quantitative estimate of drug-likeness (QED) is 0.603. The summed E-state index contributed by atoms with van der Waals surface area (Å²) in [6.45, 7) is 0. The zero-order valence-corrected chi connectivity index (χ0v) is 13.8. The first-order valence-corrected chi connectivity index (χ1v) is 7.70. The van der Waals surface area contributed by atoms with Gasteiger partial charge in [-0.25, -0.2) is 19.6 Å². The van der Waals surface area contributed by atoms with Gasteiger partial charge in [0.15, 0.2) is 11.5 Å². The molecule has 3 N–H and O–H groups in total. The first-order valence-electron chi connectivity index (χ1n) is 7.70. The molecule has 2 aromatic heterocycles. The van der Waals surface area contributed by atoms with E-state index in [4.69, 9.17) is 0 Å². The highest BCUT2D eigenvalue weighted by Crippen LogP contribution is 2.18.